The van der Waals surface area contributed by atoms with Gasteiger partial charge in [0, 0.05) is 23.8 Å². The van der Waals surface area contributed by atoms with E-state index < -0.39 is 11.0 Å². The van der Waals surface area contributed by atoms with Gasteiger partial charge in [0.1, 0.15) is 6.10 Å². The average molecular weight is 699 g/mol. The van der Waals surface area contributed by atoms with Crippen LogP contribution in [0.2, 0.25) is 0 Å². The summed E-state index contributed by atoms with van der Waals surface area (Å²) in [4.78, 5) is 52.0. The molecule has 5 aliphatic carbocycles. The smallest absolute Gasteiger partial charge is 0.541 e. The van der Waals surface area contributed by atoms with E-state index in [4.69, 9.17) is 4.74 Å². The summed E-state index contributed by atoms with van der Waals surface area (Å²) in [5, 5.41) is 3.48. The van der Waals surface area contributed by atoms with Crippen LogP contribution in [0.5, 0.6) is 0 Å². The molecule has 4 saturated carbocycles. The molecular weight excluding hydrogens is 637 g/mol. The first-order valence-corrected chi connectivity index (χ1v) is 18.6. The van der Waals surface area contributed by atoms with E-state index in [2.05, 4.69) is 53.8 Å². The Kier molecular flexibility index (Phi) is 11.4. The summed E-state index contributed by atoms with van der Waals surface area (Å²) in [6, 6.07) is 9.43. The Hall–Kier alpha value is -1.80. The molecule has 0 radical (unpaired) electrons. The van der Waals surface area contributed by atoms with Crippen LogP contribution < -0.4 is 34.9 Å². The first-order valence-electron chi connectivity index (χ1n) is 18.6. The molecule has 4 fully saturated rings. The molecule has 0 bridgehead atoms. The Morgan fingerprint density at radius 1 is 0.920 bits per heavy atom. The van der Waals surface area contributed by atoms with Crippen molar-refractivity contribution in [2.45, 2.75) is 138 Å². The van der Waals surface area contributed by atoms with Crippen molar-refractivity contribution >= 4 is 23.9 Å². The summed E-state index contributed by atoms with van der Waals surface area (Å²) in [7, 11) is 0. The molecule has 0 saturated heterocycles. The molecule has 8 atom stereocenters. The molecular formula is C42H61NNaO6+. The fraction of sp³-hybridized carbons (Fsp3) is 0.714. The molecule has 0 spiro atoms. The van der Waals surface area contributed by atoms with Gasteiger partial charge in [-0.25, -0.2) is 0 Å². The SMILES string of the molecule is CC(C)C1=C2[C@H]3CC[C@@H]4[C@@]5(C)CC[C@H](OC(=O)CC(C)(C)[C-]=O)C(C)(C)[C@@H]5CC[C@@]4(C)[C@]3(C)CC[C@@]2(NC(=O)c2ccccc2)CC1=O.[Na+].[OH3+]. The number of benzene rings is 1. The number of fused-ring (bicyclic) bond motifs is 7. The zero-order valence-electron chi connectivity index (χ0n) is 32.5. The number of carbonyl (C=O) groups excluding carboxylic acids is 4. The van der Waals surface area contributed by atoms with Gasteiger partial charge in [0.25, 0.3) is 5.91 Å². The van der Waals surface area contributed by atoms with Crippen LogP contribution >= 0.6 is 0 Å². The summed E-state index contributed by atoms with van der Waals surface area (Å²) in [6.45, 7) is 20.0. The monoisotopic (exact) mass is 698 g/mol. The molecule has 7 nitrogen and oxygen atoms in total. The first-order chi connectivity index (χ1) is 22.4. The van der Waals surface area contributed by atoms with Crippen molar-refractivity contribution in [3.8, 4) is 0 Å². The van der Waals surface area contributed by atoms with Gasteiger partial charge in [-0.05, 0) is 115 Å². The van der Waals surface area contributed by atoms with Gasteiger partial charge in [-0.15, -0.1) is 5.41 Å². The topological polar surface area (TPSA) is 123 Å². The summed E-state index contributed by atoms with van der Waals surface area (Å²) in [5.41, 5.74) is 1.38. The van der Waals surface area contributed by atoms with Gasteiger partial charge in [0.2, 0.25) is 0 Å². The van der Waals surface area contributed by atoms with Gasteiger partial charge in [-0.1, -0.05) is 80.5 Å². The van der Waals surface area contributed by atoms with Crippen LogP contribution in [0.15, 0.2) is 41.5 Å². The Labute approximate surface area is 322 Å². The number of nitrogens with one attached hydrogen (secondary N) is 1. The predicted molar refractivity (Wildman–Crippen MR) is 192 cm³/mol. The molecule has 0 heterocycles. The number of ether oxygens (including phenoxy) is 1. The van der Waals surface area contributed by atoms with E-state index in [9.17, 15) is 19.2 Å². The minimum atomic E-state index is -0.845. The number of allylic oxidation sites excluding steroid dienone is 1. The third-order valence-corrected chi connectivity index (χ3v) is 14.9. The zero-order chi connectivity index (χ0) is 35.1. The maximum atomic E-state index is 13.9. The standard InChI is InChI=1S/C42H58NO5.Na.H2O/c1-26(2)34-29(45)23-42(43-36(47)27-13-11-10-12-14-27)22-21-40(8)28(35(34)42)15-16-31-39(7)19-18-32(48-33(46)24-37(3,4)25-44)38(5,6)30(39)17-20-41(31,40)9;;/h10-14,26,28,30-32H,15-24H2,1-9H3,(H,43,47);;1H2/q-1;+1;/p+1/t28-,30+,31-,32+,39+,40-,41-,42-;;/m1../s1. The zero-order valence-corrected chi connectivity index (χ0v) is 34.5. The number of carbonyl (C=O) groups is 3. The molecule has 8 heteroatoms. The molecule has 0 aromatic heterocycles. The molecule has 270 valence electrons. The molecule has 6 rings (SSSR count). The molecule has 5 aliphatic rings. The third kappa shape index (κ3) is 6.22. The normalized spacial score (nSPS) is 37.2. The summed E-state index contributed by atoms with van der Waals surface area (Å²) < 4.78 is 6.18. The van der Waals surface area contributed by atoms with Gasteiger partial charge >= 0.3 is 35.5 Å². The van der Waals surface area contributed by atoms with Crippen LogP contribution in [0.4, 0.5) is 0 Å². The van der Waals surface area contributed by atoms with Crippen LogP contribution in [0, 0.1) is 50.7 Å². The number of Topliss-reactive ketones (excluding diaryl/α,β-unsaturated/α-hetero) is 1. The van der Waals surface area contributed by atoms with Crippen LogP contribution in [-0.4, -0.2) is 35.6 Å². The molecule has 0 aliphatic heterocycles. The summed E-state index contributed by atoms with van der Waals surface area (Å²) in [5.74, 6) is 1.10. The largest absolute Gasteiger partial charge is 1.00 e. The number of esters is 1. The van der Waals surface area contributed by atoms with Crippen LogP contribution in [0.3, 0.4) is 0 Å². The Bertz CT molecular complexity index is 1530. The van der Waals surface area contributed by atoms with E-state index in [0.29, 0.717) is 23.8 Å². The molecule has 1 amide bonds. The van der Waals surface area contributed by atoms with Crippen molar-refractivity contribution in [1.29, 1.82) is 0 Å². The van der Waals surface area contributed by atoms with Crippen molar-refractivity contribution in [2.75, 3.05) is 0 Å². The summed E-state index contributed by atoms with van der Waals surface area (Å²) in [6.07, 6.45) is 10.2. The van der Waals surface area contributed by atoms with E-state index >= 15 is 0 Å². The number of ketones is 1. The van der Waals surface area contributed by atoms with Crippen LogP contribution in [0.25, 0.3) is 0 Å². The van der Waals surface area contributed by atoms with Gasteiger partial charge < -0.3 is 20.3 Å². The molecule has 4 N–H and O–H groups in total. The summed E-state index contributed by atoms with van der Waals surface area (Å²) >= 11 is 0. The average Bonchev–Trinajstić information content (AvgIpc) is 3.31. The van der Waals surface area contributed by atoms with E-state index in [1.165, 1.54) is 5.57 Å². The molecule has 1 aromatic rings. The minimum absolute atomic E-state index is 0. The first kappa shape index (κ1) is 41.0. The fourth-order valence-corrected chi connectivity index (χ4v) is 12.4. The van der Waals surface area contributed by atoms with Crippen molar-refractivity contribution in [3.05, 3.63) is 47.0 Å². The van der Waals surface area contributed by atoms with E-state index in [1.54, 1.807) is 13.8 Å². The Balaban J connectivity index is 0.00000281. The van der Waals surface area contributed by atoms with Crippen molar-refractivity contribution in [1.82, 2.24) is 5.32 Å². The third-order valence-electron chi connectivity index (χ3n) is 14.9. The Morgan fingerprint density at radius 2 is 1.58 bits per heavy atom. The van der Waals surface area contributed by atoms with Crippen molar-refractivity contribution < 1.29 is 58.9 Å². The second-order valence-corrected chi connectivity index (χ2v) is 18.6. The second kappa shape index (κ2) is 13.9. The van der Waals surface area contributed by atoms with E-state index in [1.807, 2.05) is 36.6 Å². The molecule has 50 heavy (non-hydrogen) atoms. The van der Waals surface area contributed by atoms with Crippen molar-refractivity contribution in [3.63, 3.8) is 0 Å². The fourth-order valence-electron chi connectivity index (χ4n) is 12.4. The predicted octanol–water partition coefficient (Wildman–Crippen LogP) is 4.67. The number of hydrogen-bond acceptors (Lipinski definition) is 5. The van der Waals surface area contributed by atoms with Gasteiger partial charge in [-0.3, -0.25) is 20.7 Å². The molecule has 0 unspecified atom stereocenters. The quantitative estimate of drug-likeness (QED) is 0.192. The number of amides is 1. The minimum Gasteiger partial charge on any atom is -0.541 e. The maximum Gasteiger partial charge on any atom is 1.00 e. The number of rotatable bonds is 7. The van der Waals surface area contributed by atoms with Crippen molar-refractivity contribution in [2.24, 2.45) is 50.7 Å². The van der Waals surface area contributed by atoms with Crippen LogP contribution in [-0.2, 0) is 24.6 Å². The Morgan fingerprint density at radius 3 is 2.20 bits per heavy atom. The second-order valence-electron chi connectivity index (χ2n) is 18.6. The van der Waals surface area contributed by atoms with Crippen LogP contribution in [0.1, 0.15) is 137 Å². The van der Waals surface area contributed by atoms with E-state index in [-0.39, 0.29) is 98.7 Å². The van der Waals surface area contributed by atoms with Gasteiger partial charge in [0.05, 0.1) is 5.54 Å². The van der Waals surface area contributed by atoms with Gasteiger partial charge in [-0.2, -0.15) is 0 Å². The maximum absolute atomic E-state index is 13.9. The van der Waals surface area contributed by atoms with E-state index in [0.717, 1.165) is 56.9 Å². The van der Waals surface area contributed by atoms with Gasteiger partial charge in [0.15, 0.2) is 5.78 Å². The number of hydrogen-bond donors (Lipinski definition) is 1. The molecule has 1 aromatic carbocycles.